The normalized spacial score (nSPS) is 18.4. The molecule has 0 saturated heterocycles. The van der Waals surface area contributed by atoms with Crippen LogP contribution in [0.1, 0.15) is 71.8 Å². The van der Waals surface area contributed by atoms with Crippen molar-refractivity contribution in [1.82, 2.24) is 15.5 Å². The summed E-state index contributed by atoms with van der Waals surface area (Å²) in [4.78, 5) is 5.49. The molecule has 0 spiro atoms. The van der Waals surface area contributed by atoms with Gasteiger partial charge >= 0.3 is 0 Å². The third-order valence-corrected chi connectivity index (χ3v) is 5.93. The monoisotopic (exact) mass is 412 g/mol. The van der Waals surface area contributed by atoms with Crippen LogP contribution in [0.25, 0.3) is 18.2 Å². The van der Waals surface area contributed by atoms with Gasteiger partial charge < -0.3 is 5.32 Å². The van der Waals surface area contributed by atoms with Crippen molar-refractivity contribution in [2.75, 3.05) is 6.54 Å². The maximum Gasteiger partial charge on any atom is 0.0887 e. The van der Waals surface area contributed by atoms with Gasteiger partial charge in [0.15, 0.2) is 0 Å². The second-order valence-electron chi connectivity index (χ2n) is 8.31. The van der Waals surface area contributed by atoms with Crippen LogP contribution < -0.4 is 15.9 Å². The van der Waals surface area contributed by atoms with Crippen LogP contribution in [0.4, 0.5) is 0 Å². The highest BCUT2D eigenvalue weighted by atomic mass is 32.1. The van der Waals surface area contributed by atoms with Crippen LogP contribution in [0.5, 0.6) is 0 Å². The fourth-order valence-corrected chi connectivity index (χ4v) is 3.94. The smallest absolute Gasteiger partial charge is 0.0887 e. The molecule has 1 aliphatic rings. The molecule has 2 rings (SSSR count). The SMILES string of the molecule is C=c1c(C2=CC(NC(=S)CCC(CC)CCC(C)C)CN=CC2)cnn/c1=C/C. The Bertz CT molecular complexity index is 841. The van der Waals surface area contributed by atoms with Crippen molar-refractivity contribution in [1.29, 1.82) is 0 Å². The average molecular weight is 413 g/mol. The van der Waals surface area contributed by atoms with Crippen LogP contribution in [0.15, 0.2) is 17.3 Å². The summed E-state index contributed by atoms with van der Waals surface area (Å²) in [5.74, 6) is 1.53. The van der Waals surface area contributed by atoms with Gasteiger partial charge in [0.05, 0.1) is 29.1 Å². The average Bonchev–Trinajstić information content (AvgIpc) is 2.93. The van der Waals surface area contributed by atoms with Crippen LogP contribution >= 0.6 is 12.2 Å². The lowest BCUT2D eigenvalue weighted by Gasteiger charge is -2.19. The second kappa shape index (κ2) is 12.0. The molecule has 0 amide bonds. The molecule has 1 N–H and O–H groups in total. The first-order chi connectivity index (χ1) is 13.9. The lowest BCUT2D eigenvalue weighted by atomic mass is 9.92. The minimum absolute atomic E-state index is 0.105. The van der Waals surface area contributed by atoms with Crippen molar-refractivity contribution < 1.29 is 0 Å². The summed E-state index contributed by atoms with van der Waals surface area (Å²) in [6.07, 6.45) is 14.7. The van der Waals surface area contributed by atoms with E-state index in [1.165, 1.54) is 24.8 Å². The molecule has 5 heteroatoms. The van der Waals surface area contributed by atoms with E-state index in [1.54, 1.807) is 6.20 Å². The summed E-state index contributed by atoms with van der Waals surface area (Å²) in [5, 5.41) is 13.6. The van der Waals surface area contributed by atoms with Crippen LogP contribution in [0.3, 0.4) is 0 Å². The molecule has 2 unspecified atom stereocenters. The first kappa shape index (κ1) is 23.4. The Labute approximate surface area is 181 Å². The summed E-state index contributed by atoms with van der Waals surface area (Å²) in [6, 6.07) is 0.105. The Morgan fingerprint density at radius 1 is 1.34 bits per heavy atom. The van der Waals surface area contributed by atoms with Gasteiger partial charge in [0.1, 0.15) is 0 Å². The van der Waals surface area contributed by atoms with Gasteiger partial charge in [-0.05, 0) is 37.2 Å². The van der Waals surface area contributed by atoms with E-state index in [0.717, 1.165) is 52.2 Å². The third kappa shape index (κ3) is 7.46. The lowest BCUT2D eigenvalue weighted by molar-refractivity contribution is 0.395. The standard InChI is InChI=1S/C24H36N4S/c1-6-19(9-8-17(3)4)10-11-24(29)27-21-14-20(12-13-25-15-21)22-16-26-28-23(7-2)18(22)5/h7,13-14,16-17,19,21H,5-6,8-12,15H2,1-4H3,(H,27,29)/b23-7+. The Hall–Kier alpha value is -1.88. The zero-order chi connectivity index (χ0) is 21.2. The molecule has 0 aromatic carbocycles. The van der Waals surface area contributed by atoms with Gasteiger partial charge in [0.25, 0.3) is 0 Å². The minimum atomic E-state index is 0.105. The molecule has 0 aliphatic carbocycles. The van der Waals surface area contributed by atoms with Gasteiger partial charge in [0.2, 0.25) is 0 Å². The second-order valence-corrected chi connectivity index (χ2v) is 8.81. The highest BCUT2D eigenvalue weighted by molar-refractivity contribution is 7.80. The molecule has 4 nitrogen and oxygen atoms in total. The maximum atomic E-state index is 5.67. The molecular formula is C24H36N4S. The number of nitrogens with one attached hydrogen (secondary N) is 1. The fraction of sp³-hybridized carbons (Fsp3) is 0.583. The van der Waals surface area contributed by atoms with Crippen LogP contribution in [0.2, 0.25) is 0 Å². The Balaban J connectivity index is 2.03. The van der Waals surface area contributed by atoms with E-state index < -0.39 is 0 Å². The first-order valence-corrected chi connectivity index (χ1v) is 11.3. The number of allylic oxidation sites excluding steroid dienone is 1. The molecule has 0 fully saturated rings. The highest BCUT2D eigenvalue weighted by Crippen LogP contribution is 2.21. The van der Waals surface area contributed by atoms with Crippen molar-refractivity contribution in [3.05, 3.63) is 28.4 Å². The summed E-state index contributed by atoms with van der Waals surface area (Å²) in [5.41, 5.74) is 2.22. The largest absolute Gasteiger partial charge is 0.372 e. The van der Waals surface area contributed by atoms with E-state index >= 15 is 0 Å². The molecular weight excluding hydrogens is 376 g/mol. The predicted molar refractivity (Wildman–Crippen MR) is 130 cm³/mol. The molecule has 29 heavy (non-hydrogen) atoms. The lowest BCUT2D eigenvalue weighted by Crippen LogP contribution is -2.35. The number of aromatic nitrogens is 2. The molecule has 1 aromatic heterocycles. The summed E-state index contributed by atoms with van der Waals surface area (Å²) in [6.45, 7) is 13.7. The number of hydrogen-bond donors (Lipinski definition) is 1. The van der Waals surface area contributed by atoms with Crippen LogP contribution in [-0.4, -0.2) is 34.0 Å². The predicted octanol–water partition coefficient (Wildman–Crippen LogP) is 4.07. The molecule has 2 heterocycles. The summed E-state index contributed by atoms with van der Waals surface area (Å²) >= 11 is 5.67. The van der Waals surface area contributed by atoms with E-state index in [4.69, 9.17) is 12.2 Å². The molecule has 1 aliphatic heterocycles. The topological polar surface area (TPSA) is 50.2 Å². The van der Waals surface area contributed by atoms with Gasteiger partial charge in [-0.2, -0.15) is 10.2 Å². The van der Waals surface area contributed by atoms with Gasteiger partial charge in [-0.1, -0.05) is 71.0 Å². The molecule has 0 saturated carbocycles. The van der Waals surface area contributed by atoms with Crippen LogP contribution in [0, 0.1) is 11.8 Å². The number of hydrogen-bond acceptors (Lipinski definition) is 4. The van der Waals surface area contributed by atoms with Gasteiger partial charge in [-0.15, -0.1) is 0 Å². The van der Waals surface area contributed by atoms with Crippen molar-refractivity contribution in [2.45, 2.75) is 72.3 Å². The summed E-state index contributed by atoms with van der Waals surface area (Å²) < 4.78 is 0. The minimum Gasteiger partial charge on any atom is -0.372 e. The maximum absolute atomic E-state index is 5.67. The van der Waals surface area contributed by atoms with E-state index in [1.807, 2.05) is 19.2 Å². The Morgan fingerprint density at radius 2 is 2.14 bits per heavy atom. The molecule has 0 radical (unpaired) electrons. The zero-order valence-corrected chi connectivity index (χ0v) is 19.3. The van der Waals surface area contributed by atoms with Gasteiger partial charge in [0, 0.05) is 23.4 Å². The first-order valence-electron chi connectivity index (χ1n) is 10.9. The van der Waals surface area contributed by atoms with E-state index in [9.17, 15) is 0 Å². The molecule has 2 atom stereocenters. The number of rotatable bonds is 9. The van der Waals surface area contributed by atoms with Crippen molar-refractivity contribution in [3.63, 3.8) is 0 Å². The van der Waals surface area contributed by atoms with E-state index in [-0.39, 0.29) is 6.04 Å². The van der Waals surface area contributed by atoms with Gasteiger partial charge in [-0.25, -0.2) is 0 Å². The Morgan fingerprint density at radius 3 is 2.83 bits per heavy atom. The summed E-state index contributed by atoms with van der Waals surface area (Å²) in [7, 11) is 0. The van der Waals surface area contributed by atoms with Crippen LogP contribution in [-0.2, 0) is 0 Å². The van der Waals surface area contributed by atoms with E-state index in [2.05, 4.69) is 53.9 Å². The molecule has 1 aromatic rings. The molecule has 158 valence electrons. The van der Waals surface area contributed by atoms with E-state index in [0.29, 0.717) is 6.54 Å². The zero-order valence-electron chi connectivity index (χ0n) is 18.4. The molecule has 0 bridgehead atoms. The van der Waals surface area contributed by atoms with Gasteiger partial charge in [-0.3, -0.25) is 4.99 Å². The van der Waals surface area contributed by atoms with Crippen molar-refractivity contribution in [3.8, 4) is 0 Å². The van der Waals surface area contributed by atoms with Crippen molar-refractivity contribution in [2.24, 2.45) is 16.8 Å². The highest BCUT2D eigenvalue weighted by Gasteiger charge is 2.15. The quantitative estimate of drug-likeness (QED) is 0.621. The number of nitrogens with zero attached hydrogens (tertiary/aromatic N) is 3. The third-order valence-electron chi connectivity index (χ3n) is 5.61. The van der Waals surface area contributed by atoms with Crippen molar-refractivity contribution >= 4 is 41.6 Å². The number of thiocarbonyl (C=S) groups is 1. The number of aliphatic imine (C=N–C) groups is 1. The Kier molecular flexibility index (Phi) is 9.65. The fourth-order valence-electron chi connectivity index (χ4n) is 3.67.